The van der Waals surface area contributed by atoms with Gasteiger partial charge in [-0.3, -0.25) is 0 Å². The molecule has 1 nitrogen and oxygen atoms in total. The average Bonchev–Trinajstić information content (AvgIpc) is 2.05. The van der Waals surface area contributed by atoms with Gasteiger partial charge >= 0.3 is 23.1 Å². The number of benzene rings is 1. The molecule has 1 aliphatic rings. The van der Waals surface area contributed by atoms with Gasteiger partial charge in [-0.25, -0.2) is 0 Å². The maximum Gasteiger partial charge on any atom is 0.316 e. The Bertz CT molecular complexity index is 278. The van der Waals surface area contributed by atoms with Crippen molar-refractivity contribution in [2.24, 2.45) is 0 Å². The Kier molecular flexibility index (Phi) is 10.4. The third-order valence-electron chi connectivity index (χ3n) is 1.55. The third-order valence-corrected chi connectivity index (χ3v) is 1.55. The summed E-state index contributed by atoms with van der Waals surface area (Å²) < 4.78 is 5.34. The first-order chi connectivity index (χ1) is 4.97. The molecule has 0 saturated carbocycles. The van der Waals surface area contributed by atoms with Crippen LogP contribution in [0.5, 0.6) is 5.75 Å². The Hall–Kier alpha value is 0.942. The van der Waals surface area contributed by atoms with Crippen LogP contribution in [-0.2, 0) is 26.2 Å². The van der Waals surface area contributed by atoms with Crippen LogP contribution < -0.4 is 4.74 Å². The summed E-state index contributed by atoms with van der Waals surface area (Å²) in [5.41, 5.74) is 1.17. The molecule has 1 aliphatic heterocycles. The first-order valence-corrected chi connectivity index (χ1v) is 3.35. The fourth-order valence-electron chi connectivity index (χ4n) is 1.06. The van der Waals surface area contributed by atoms with Gasteiger partial charge in [0.25, 0.3) is 0 Å². The molecule has 0 atom stereocenters. The number of para-hydroxylation sites is 1. The van der Waals surface area contributed by atoms with E-state index in [1.165, 1.54) is 5.56 Å². The second kappa shape index (κ2) is 8.27. The van der Waals surface area contributed by atoms with Crippen LogP contribution in [0.15, 0.2) is 30.3 Å². The molecule has 0 saturated heterocycles. The Balaban J connectivity index is 0. The molecule has 64 valence electrons. The average molecular weight is 280 g/mol. The Labute approximate surface area is 124 Å². The van der Waals surface area contributed by atoms with E-state index in [0.717, 1.165) is 5.75 Å². The Morgan fingerprint density at radius 3 is 2.54 bits per heavy atom. The van der Waals surface area contributed by atoms with E-state index in [2.05, 4.69) is 6.08 Å². The van der Waals surface area contributed by atoms with E-state index < -0.39 is 0 Å². The zero-order valence-electron chi connectivity index (χ0n) is 6.08. The smallest absolute Gasteiger partial charge is 0.316 e. The molecule has 0 aliphatic carbocycles. The SMILES string of the molecule is C1=Cc2ccccc2OC1.[AlH3].[MgH2].[Zr]. The van der Waals surface area contributed by atoms with Crippen LogP contribution >= 0.6 is 0 Å². The Morgan fingerprint density at radius 2 is 1.85 bits per heavy atom. The zero-order chi connectivity index (χ0) is 6.81. The van der Waals surface area contributed by atoms with E-state index in [9.17, 15) is 0 Å². The van der Waals surface area contributed by atoms with Crippen molar-refractivity contribution < 1.29 is 30.9 Å². The van der Waals surface area contributed by atoms with Crippen LogP contribution in [0.4, 0.5) is 0 Å². The number of hydrogen-bond acceptors (Lipinski definition) is 1. The second-order valence-corrected chi connectivity index (χ2v) is 2.25. The minimum absolute atomic E-state index is 0. The van der Waals surface area contributed by atoms with Crippen molar-refractivity contribution in [3.63, 3.8) is 0 Å². The molecule has 13 heavy (non-hydrogen) atoms. The minimum atomic E-state index is 0. The molecule has 0 bridgehead atoms. The van der Waals surface area contributed by atoms with Crippen LogP contribution in [-0.4, -0.2) is 47.0 Å². The molecule has 1 aromatic rings. The summed E-state index contributed by atoms with van der Waals surface area (Å²) in [5, 5.41) is 0. The summed E-state index contributed by atoms with van der Waals surface area (Å²) in [4.78, 5) is 0. The fourth-order valence-corrected chi connectivity index (χ4v) is 1.06. The van der Waals surface area contributed by atoms with E-state index in [4.69, 9.17) is 4.74 Å². The van der Waals surface area contributed by atoms with Crippen LogP contribution in [0.2, 0.25) is 0 Å². The number of fused-ring (bicyclic) bond motifs is 1. The molecule has 0 radical (unpaired) electrons. The molecule has 0 spiro atoms. The molecular formula is C9H13AlMgOZr. The van der Waals surface area contributed by atoms with Gasteiger partial charge in [0.05, 0.1) is 0 Å². The van der Waals surface area contributed by atoms with Gasteiger partial charge in [-0.1, -0.05) is 24.3 Å². The normalized spacial score (nSPS) is 10.8. The first-order valence-electron chi connectivity index (χ1n) is 3.35. The van der Waals surface area contributed by atoms with Gasteiger partial charge < -0.3 is 4.74 Å². The molecule has 0 amide bonds. The van der Waals surface area contributed by atoms with Gasteiger partial charge in [-0.2, -0.15) is 0 Å². The summed E-state index contributed by atoms with van der Waals surface area (Å²) in [6, 6.07) is 8.03. The molecule has 4 heteroatoms. The van der Waals surface area contributed by atoms with Crippen molar-refractivity contribution in [2.75, 3.05) is 6.61 Å². The molecule has 0 N–H and O–H groups in total. The predicted molar refractivity (Wildman–Crippen MR) is 59.5 cm³/mol. The number of ether oxygens (including phenoxy) is 1. The van der Waals surface area contributed by atoms with Crippen molar-refractivity contribution in [3.05, 3.63) is 35.9 Å². The summed E-state index contributed by atoms with van der Waals surface area (Å²) >= 11 is 0. The van der Waals surface area contributed by atoms with Crippen molar-refractivity contribution in [3.8, 4) is 5.75 Å². The number of hydrogen-bond donors (Lipinski definition) is 0. The maximum atomic E-state index is 5.34. The van der Waals surface area contributed by atoms with Gasteiger partial charge in [0, 0.05) is 31.8 Å². The third kappa shape index (κ3) is 4.32. The molecule has 0 unspecified atom stereocenters. The van der Waals surface area contributed by atoms with Gasteiger partial charge in [0.2, 0.25) is 0 Å². The molecule has 1 aromatic carbocycles. The largest absolute Gasteiger partial charge is 0.489 e. The summed E-state index contributed by atoms with van der Waals surface area (Å²) in [6.45, 7) is 0.705. The first kappa shape index (κ1) is 16.4. The molecule has 0 fully saturated rings. The van der Waals surface area contributed by atoms with E-state index in [-0.39, 0.29) is 66.6 Å². The number of rotatable bonds is 0. The molecule has 1 heterocycles. The van der Waals surface area contributed by atoms with E-state index >= 15 is 0 Å². The van der Waals surface area contributed by atoms with Gasteiger partial charge in [0.15, 0.2) is 17.4 Å². The molecule has 2 rings (SSSR count). The van der Waals surface area contributed by atoms with Crippen LogP contribution in [0.25, 0.3) is 6.08 Å². The molecule has 0 aromatic heterocycles. The zero-order valence-corrected chi connectivity index (χ0v) is 8.54. The second-order valence-electron chi connectivity index (χ2n) is 2.25. The van der Waals surface area contributed by atoms with E-state index in [0.29, 0.717) is 6.61 Å². The fraction of sp³-hybridized carbons (Fsp3) is 0.111. The standard InChI is InChI=1S/C9H8O.Al.Mg.Zr.5H/c1-2-6-9-8(4-1)5-3-7-10-9;;;;;;;;/h1-6H,7H2;;;;;;;;. The summed E-state index contributed by atoms with van der Waals surface area (Å²) in [7, 11) is 0. The topological polar surface area (TPSA) is 9.23 Å². The predicted octanol–water partition coefficient (Wildman–Crippen LogP) is -0.0104. The van der Waals surface area contributed by atoms with Gasteiger partial charge in [-0.15, -0.1) is 0 Å². The summed E-state index contributed by atoms with van der Waals surface area (Å²) in [5.74, 6) is 0.991. The summed E-state index contributed by atoms with van der Waals surface area (Å²) in [6.07, 6.45) is 4.10. The van der Waals surface area contributed by atoms with Crippen LogP contribution in [0, 0.1) is 0 Å². The van der Waals surface area contributed by atoms with Crippen LogP contribution in [0.3, 0.4) is 0 Å². The van der Waals surface area contributed by atoms with Crippen LogP contribution in [0.1, 0.15) is 5.56 Å². The monoisotopic (exact) mass is 278 g/mol. The van der Waals surface area contributed by atoms with Crippen molar-refractivity contribution in [1.29, 1.82) is 0 Å². The Morgan fingerprint density at radius 1 is 1.15 bits per heavy atom. The van der Waals surface area contributed by atoms with Gasteiger partial charge in [-0.05, 0) is 12.1 Å². The van der Waals surface area contributed by atoms with Crippen molar-refractivity contribution in [2.45, 2.75) is 0 Å². The van der Waals surface area contributed by atoms with Crippen molar-refractivity contribution >= 4 is 46.5 Å². The van der Waals surface area contributed by atoms with E-state index in [1.807, 2.05) is 30.3 Å². The quantitative estimate of drug-likeness (QED) is 0.607. The van der Waals surface area contributed by atoms with E-state index in [1.54, 1.807) is 0 Å². The maximum absolute atomic E-state index is 5.34. The molecular weight excluding hydrogens is 267 g/mol. The minimum Gasteiger partial charge on any atom is -0.489 e. The van der Waals surface area contributed by atoms with Gasteiger partial charge in [0.1, 0.15) is 12.4 Å². The van der Waals surface area contributed by atoms with Crippen molar-refractivity contribution in [1.82, 2.24) is 0 Å².